The van der Waals surface area contributed by atoms with Crippen molar-refractivity contribution in [2.75, 3.05) is 30.8 Å². The van der Waals surface area contributed by atoms with Crippen LogP contribution < -0.4 is 15.4 Å². The molecule has 8 heteroatoms. The molecule has 1 saturated heterocycles. The van der Waals surface area contributed by atoms with Crippen molar-refractivity contribution in [3.8, 4) is 5.75 Å². The molecule has 3 aromatic rings. The second-order valence-corrected chi connectivity index (χ2v) is 8.61. The van der Waals surface area contributed by atoms with Gasteiger partial charge in [-0.3, -0.25) is 10.2 Å². The second kappa shape index (κ2) is 11.0. The molecule has 2 heterocycles. The van der Waals surface area contributed by atoms with Crippen LogP contribution in [-0.2, 0) is 6.54 Å². The summed E-state index contributed by atoms with van der Waals surface area (Å²) in [5.41, 5.74) is 3.10. The fraction of sp³-hybridized carbons (Fsp3) is 0.269. The Morgan fingerprint density at radius 1 is 1.09 bits per heavy atom. The Bertz CT molecular complexity index is 1140. The van der Waals surface area contributed by atoms with Crippen LogP contribution in [0.1, 0.15) is 40.7 Å². The smallest absolute Gasteiger partial charge is 0.259 e. The number of hydrogen-bond donors (Lipinski definition) is 3. The third kappa shape index (κ3) is 5.85. The number of rotatable bonds is 7. The molecule has 1 aliphatic rings. The maximum absolute atomic E-state index is 13.0. The molecule has 2 aromatic carbocycles. The largest absolute Gasteiger partial charge is 0.497 e. The predicted molar refractivity (Wildman–Crippen MR) is 136 cm³/mol. The van der Waals surface area contributed by atoms with Crippen LogP contribution in [0.4, 0.5) is 11.5 Å². The van der Waals surface area contributed by atoms with E-state index >= 15 is 0 Å². The van der Waals surface area contributed by atoms with Crippen LogP contribution in [0, 0.1) is 5.41 Å². The Morgan fingerprint density at radius 3 is 2.53 bits per heavy atom. The lowest BCUT2D eigenvalue weighted by molar-refractivity contribution is 0.102. The van der Waals surface area contributed by atoms with Crippen molar-refractivity contribution in [1.29, 1.82) is 5.41 Å². The van der Waals surface area contributed by atoms with E-state index in [-0.39, 0.29) is 5.91 Å². The number of amidine groups is 1. The fourth-order valence-corrected chi connectivity index (χ4v) is 4.02. The lowest BCUT2D eigenvalue weighted by atomic mass is 10.1. The van der Waals surface area contributed by atoms with Gasteiger partial charge in [0.25, 0.3) is 5.91 Å². The van der Waals surface area contributed by atoms with E-state index < -0.39 is 0 Å². The molecule has 34 heavy (non-hydrogen) atoms. The first-order valence-electron chi connectivity index (χ1n) is 11.3. The molecule has 0 aliphatic carbocycles. The number of carbonyl (C=O) groups is 1. The number of methoxy groups -OCH3 is 1. The first-order chi connectivity index (χ1) is 16.5. The highest BCUT2D eigenvalue weighted by Gasteiger charge is 2.16. The molecule has 4 rings (SSSR count). The third-order valence-corrected chi connectivity index (χ3v) is 6.05. The van der Waals surface area contributed by atoms with Crippen LogP contribution in [0.25, 0.3) is 0 Å². The van der Waals surface area contributed by atoms with Crippen LogP contribution in [0.15, 0.2) is 60.8 Å². The number of pyridine rings is 1. The zero-order chi connectivity index (χ0) is 23.9. The van der Waals surface area contributed by atoms with Gasteiger partial charge in [0.15, 0.2) is 0 Å². The molecule has 176 valence electrons. The number of likely N-dealkylation sites (tertiary alicyclic amines) is 1. The maximum Gasteiger partial charge on any atom is 0.259 e. The van der Waals surface area contributed by atoms with Gasteiger partial charge in [0.2, 0.25) is 0 Å². The standard InChI is InChI=1S/C26H28ClN5O2/c1-34-21-10-11-23(22(15-21)26(33)31-24-12-9-20(27)17-30-24)29-16-18-5-7-19(8-6-18)25(28)32-13-3-2-4-14-32/h5-12,15,17,28-29H,2-4,13-14,16H2,1H3,(H,30,31,33). The van der Waals surface area contributed by atoms with Crippen LogP contribution in [0.2, 0.25) is 5.02 Å². The van der Waals surface area contributed by atoms with Gasteiger partial charge in [-0.25, -0.2) is 4.98 Å². The summed E-state index contributed by atoms with van der Waals surface area (Å²) in [5, 5.41) is 15.1. The van der Waals surface area contributed by atoms with Gasteiger partial charge in [0.1, 0.15) is 17.4 Å². The predicted octanol–water partition coefficient (Wildman–Crippen LogP) is 5.42. The summed E-state index contributed by atoms with van der Waals surface area (Å²) < 4.78 is 5.31. The van der Waals surface area contributed by atoms with Crippen LogP contribution in [0.3, 0.4) is 0 Å². The van der Waals surface area contributed by atoms with Crippen molar-refractivity contribution in [3.63, 3.8) is 0 Å². The van der Waals surface area contributed by atoms with E-state index in [0.29, 0.717) is 40.2 Å². The van der Waals surface area contributed by atoms with Gasteiger partial charge in [-0.1, -0.05) is 35.9 Å². The lowest BCUT2D eigenvalue weighted by Crippen LogP contribution is -2.35. The molecular weight excluding hydrogens is 450 g/mol. The molecule has 0 bridgehead atoms. The molecule has 1 fully saturated rings. The number of nitrogens with zero attached hydrogens (tertiary/aromatic N) is 2. The average Bonchev–Trinajstić information content (AvgIpc) is 2.89. The fourth-order valence-electron chi connectivity index (χ4n) is 3.90. The number of nitrogens with one attached hydrogen (secondary N) is 3. The van der Waals surface area contributed by atoms with Crippen molar-refractivity contribution in [3.05, 3.63) is 82.5 Å². The van der Waals surface area contributed by atoms with E-state index in [4.69, 9.17) is 21.7 Å². The second-order valence-electron chi connectivity index (χ2n) is 8.17. The summed E-state index contributed by atoms with van der Waals surface area (Å²) in [5.74, 6) is 1.28. The van der Waals surface area contributed by atoms with Crippen molar-refractivity contribution >= 4 is 34.8 Å². The number of ether oxygens (including phenoxy) is 1. The highest BCUT2D eigenvalue weighted by atomic mass is 35.5. The van der Waals surface area contributed by atoms with Crippen molar-refractivity contribution in [2.24, 2.45) is 0 Å². The maximum atomic E-state index is 13.0. The molecule has 1 amide bonds. The number of piperidine rings is 1. The molecule has 0 unspecified atom stereocenters. The van der Waals surface area contributed by atoms with Crippen molar-refractivity contribution in [1.82, 2.24) is 9.88 Å². The summed E-state index contributed by atoms with van der Waals surface area (Å²) in [6, 6.07) is 16.6. The van der Waals surface area contributed by atoms with E-state index in [1.165, 1.54) is 12.6 Å². The lowest BCUT2D eigenvalue weighted by Gasteiger charge is -2.29. The zero-order valence-corrected chi connectivity index (χ0v) is 19.9. The SMILES string of the molecule is COc1ccc(NCc2ccc(C(=N)N3CCCCC3)cc2)c(C(=O)Nc2ccc(Cl)cn2)c1. The minimum Gasteiger partial charge on any atom is -0.497 e. The number of amides is 1. The third-order valence-electron chi connectivity index (χ3n) is 5.82. The summed E-state index contributed by atoms with van der Waals surface area (Å²) >= 11 is 5.88. The Hall–Kier alpha value is -3.58. The molecule has 0 saturated carbocycles. The molecular formula is C26H28ClN5O2. The number of halogens is 1. The topological polar surface area (TPSA) is 90.3 Å². The molecule has 0 spiro atoms. The van der Waals surface area contributed by atoms with Crippen LogP contribution in [0.5, 0.6) is 5.75 Å². The summed E-state index contributed by atoms with van der Waals surface area (Å²) in [6.45, 7) is 2.44. The Labute approximate surface area is 204 Å². The highest BCUT2D eigenvalue weighted by molar-refractivity contribution is 6.30. The van der Waals surface area contributed by atoms with Gasteiger partial charge in [-0.05, 0) is 55.2 Å². The molecule has 7 nitrogen and oxygen atoms in total. The number of aromatic nitrogens is 1. The number of hydrogen-bond acceptors (Lipinski definition) is 5. The Morgan fingerprint density at radius 2 is 1.85 bits per heavy atom. The minimum absolute atomic E-state index is 0.304. The van der Waals surface area contributed by atoms with E-state index in [1.54, 1.807) is 25.3 Å². The molecule has 0 radical (unpaired) electrons. The number of benzene rings is 2. The van der Waals surface area contributed by atoms with Gasteiger partial charge in [0.05, 0.1) is 17.7 Å². The Balaban J connectivity index is 1.44. The monoisotopic (exact) mass is 477 g/mol. The molecule has 1 aromatic heterocycles. The van der Waals surface area contributed by atoms with E-state index in [1.807, 2.05) is 36.4 Å². The van der Waals surface area contributed by atoms with Gasteiger partial charge < -0.3 is 20.3 Å². The summed E-state index contributed by atoms with van der Waals surface area (Å²) in [7, 11) is 1.56. The van der Waals surface area contributed by atoms with E-state index in [0.717, 1.165) is 37.1 Å². The summed E-state index contributed by atoms with van der Waals surface area (Å²) in [6.07, 6.45) is 5.03. The Kier molecular flexibility index (Phi) is 7.65. The first kappa shape index (κ1) is 23.6. The zero-order valence-electron chi connectivity index (χ0n) is 19.1. The van der Waals surface area contributed by atoms with Gasteiger partial charge in [-0.15, -0.1) is 0 Å². The molecule has 1 aliphatic heterocycles. The highest BCUT2D eigenvalue weighted by Crippen LogP contribution is 2.24. The quantitative estimate of drug-likeness (QED) is 0.312. The van der Waals surface area contributed by atoms with Gasteiger partial charge >= 0.3 is 0 Å². The molecule has 3 N–H and O–H groups in total. The van der Waals surface area contributed by atoms with Crippen molar-refractivity contribution < 1.29 is 9.53 Å². The van der Waals surface area contributed by atoms with E-state index in [9.17, 15) is 4.79 Å². The molecule has 0 atom stereocenters. The summed E-state index contributed by atoms with van der Waals surface area (Å²) in [4.78, 5) is 19.2. The first-order valence-corrected chi connectivity index (χ1v) is 11.7. The average molecular weight is 478 g/mol. The van der Waals surface area contributed by atoms with E-state index in [2.05, 4.69) is 20.5 Å². The number of carbonyl (C=O) groups excluding carboxylic acids is 1. The van der Waals surface area contributed by atoms with Gasteiger partial charge in [-0.2, -0.15) is 0 Å². The minimum atomic E-state index is -0.304. The number of anilines is 2. The van der Waals surface area contributed by atoms with Crippen molar-refractivity contribution in [2.45, 2.75) is 25.8 Å². The normalized spacial score (nSPS) is 13.3. The van der Waals surface area contributed by atoms with Gasteiger partial charge in [0, 0.05) is 37.1 Å². The van der Waals surface area contributed by atoms with Crippen LogP contribution >= 0.6 is 11.6 Å². The van der Waals surface area contributed by atoms with Crippen LogP contribution in [-0.4, -0.2) is 41.8 Å².